The summed E-state index contributed by atoms with van der Waals surface area (Å²) in [6, 6.07) is 76.9. The molecule has 6 aliphatic carbocycles. The molecule has 0 radical (unpaired) electrons. The summed E-state index contributed by atoms with van der Waals surface area (Å²) in [4.78, 5) is 2.65. The summed E-state index contributed by atoms with van der Waals surface area (Å²) in [6.45, 7) is 4.81. The summed E-state index contributed by atoms with van der Waals surface area (Å²) in [7, 11) is 0. The number of anilines is 3. The minimum absolute atomic E-state index is 0.167. The van der Waals surface area contributed by atoms with E-state index in [1.807, 2.05) is 0 Å². The van der Waals surface area contributed by atoms with Gasteiger partial charge in [-0.2, -0.15) is 0 Å². The summed E-state index contributed by atoms with van der Waals surface area (Å²) in [6.07, 6.45) is 7.01. The maximum atomic E-state index is 2.65. The normalized spacial score (nSPS) is 18.2. The molecule has 0 heterocycles. The van der Waals surface area contributed by atoms with E-state index < -0.39 is 10.8 Å². The summed E-state index contributed by atoms with van der Waals surface area (Å²) in [5.74, 6) is 0. The van der Waals surface area contributed by atoms with Gasteiger partial charge in [-0.15, -0.1) is 0 Å². The summed E-state index contributed by atoms with van der Waals surface area (Å²) in [5, 5.41) is 0. The summed E-state index contributed by atoms with van der Waals surface area (Å²) in [5.41, 5.74) is 29.7. The molecule has 0 bridgehead atoms. The highest BCUT2D eigenvalue weighted by Gasteiger charge is 2.55. The summed E-state index contributed by atoms with van der Waals surface area (Å²) >= 11 is 0. The van der Waals surface area contributed by atoms with Crippen molar-refractivity contribution in [3.8, 4) is 44.5 Å². The number of hydrogen-bond donors (Lipinski definition) is 0. The van der Waals surface area contributed by atoms with Crippen molar-refractivity contribution < 1.29 is 0 Å². The van der Waals surface area contributed by atoms with Gasteiger partial charge in [0.15, 0.2) is 0 Å². The van der Waals surface area contributed by atoms with E-state index in [0.717, 1.165) is 12.8 Å². The molecule has 1 nitrogen and oxygen atoms in total. The Kier molecular flexibility index (Phi) is 7.06. The van der Waals surface area contributed by atoms with Crippen molar-refractivity contribution in [1.82, 2.24) is 0 Å². The van der Waals surface area contributed by atoms with Gasteiger partial charge < -0.3 is 4.90 Å². The van der Waals surface area contributed by atoms with E-state index in [0.29, 0.717) is 0 Å². The highest BCUT2D eigenvalue weighted by molar-refractivity contribution is 6.06. The molecule has 1 unspecified atom stereocenters. The van der Waals surface area contributed by atoms with Crippen molar-refractivity contribution in [2.24, 2.45) is 0 Å². The van der Waals surface area contributed by atoms with Crippen LogP contribution in [0, 0.1) is 0 Å². The molecule has 2 spiro atoms. The molecule has 0 saturated carbocycles. The lowest BCUT2D eigenvalue weighted by Crippen LogP contribution is -2.27. The van der Waals surface area contributed by atoms with E-state index in [1.54, 1.807) is 0 Å². The van der Waals surface area contributed by atoms with Crippen LogP contribution >= 0.6 is 0 Å². The van der Waals surface area contributed by atoms with E-state index >= 15 is 0 Å². The number of benzene rings is 9. The minimum Gasteiger partial charge on any atom is -0.309 e. The predicted molar refractivity (Wildman–Crippen MR) is 272 cm³/mol. The minimum atomic E-state index is -0.457. The third kappa shape index (κ3) is 4.20. The van der Waals surface area contributed by atoms with Crippen LogP contribution in [0.1, 0.15) is 82.3 Å². The molecular weight excluding hydrogens is 795 g/mol. The van der Waals surface area contributed by atoms with Crippen LogP contribution in [0.25, 0.3) is 50.1 Å². The van der Waals surface area contributed by atoms with Crippen LogP contribution in [0.2, 0.25) is 0 Å². The third-order valence-corrected chi connectivity index (χ3v) is 16.6. The highest BCUT2D eigenvalue weighted by Crippen LogP contribution is 2.68. The van der Waals surface area contributed by atoms with Gasteiger partial charge in [0, 0.05) is 22.2 Å². The fourth-order valence-electron chi connectivity index (χ4n) is 14.1. The SMILES string of the molecule is CC1(C)c2ccccc2-c2ccc(N(c3cccc4c3-c3ccccc3C43C4=C(CCC=C4)c4ccccc43)c3cccc4c3-c3ccccc3C43c4ccccc4-c4ccccc43)cc21. The average Bonchev–Trinajstić information content (AvgIpc) is 4.11. The second-order valence-electron chi connectivity index (χ2n) is 19.7. The number of allylic oxidation sites excluding steroid dienone is 4. The summed E-state index contributed by atoms with van der Waals surface area (Å²) < 4.78 is 0. The molecule has 1 atom stereocenters. The van der Waals surface area contributed by atoms with E-state index in [2.05, 4.69) is 231 Å². The largest absolute Gasteiger partial charge is 0.309 e. The second-order valence-corrected chi connectivity index (χ2v) is 19.7. The zero-order chi connectivity index (χ0) is 43.5. The molecule has 0 aliphatic heterocycles. The lowest BCUT2D eigenvalue weighted by molar-refractivity contribution is 0.660. The Balaban J connectivity index is 1.06. The Morgan fingerprint density at radius 1 is 0.364 bits per heavy atom. The Hall–Kier alpha value is -7.74. The van der Waals surface area contributed by atoms with E-state index in [1.165, 1.54) is 128 Å². The first-order valence-electron chi connectivity index (χ1n) is 23.7. The third-order valence-electron chi connectivity index (χ3n) is 16.6. The molecule has 1 heteroatoms. The van der Waals surface area contributed by atoms with Gasteiger partial charge in [0.2, 0.25) is 0 Å². The molecule has 66 heavy (non-hydrogen) atoms. The second kappa shape index (κ2) is 12.7. The first-order chi connectivity index (χ1) is 32.5. The molecule has 0 amide bonds. The van der Waals surface area contributed by atoms with Crippen molar-refractivity contribution in [3.05, 3.63) is 274 Å². The first-order valence-corrected chi connectivity index (χ1v) is 23.7. The van der Waals surface area contributed by atoms with Gasteiger partial charge in [-0.05, 0) is 137 Å². The van der Waals surface area contributed by atoms with Gasteiger partial charge in [-0.25, -0.2) is 0 Å². The molecule has 0 aromatic heterocycles. The highest BCUT2D eigenvalue weighted by atomic mass is 15.1. The van der Waals surface area contributed by atoms with Crippen molar-refractivity contribution >= 4 is 22.6 Å². The van der Waals surface area contributed by atoms with Crippen LogP contribution < -0.4 is 4.90 Å². The predicted octanol–water partition coefficient (Wildman–Crippen LogP) is 16.2. The first kappa shape index (κ1) is 36.6. The quantitative estimate of drug-likeness (QED) is 0.171. The maximum absolute atomic E-state index is 2.65. The van der Waals surface area contributed by atoms with E-state index in [-0.39, 0.29) is 5.41 Å². The zero-order valence-corrected chi connectivity index (χ0v) is 37.1. The van der Waals surface area contributed by atoms with Gasteiger partial charge in [-0.1, -0.05) is 202 Å². The molecule has 0 saturated heterocycles. The van der Waals surface area contributed by atoms with Crippen LogP contribution in [0.3, 0.4) is 0 Å². The smallest absolute Gasteiger partial charge is 0.0726 e. The molecule has 0 fully saturated rings. The molecule has 6 aliphatic rings. The Bertz CT molecular complexity index is 3660. The number of nitrogens with zero attached hydrogens (tertiary/aromatic N) is 1. The van der Waals surface area contributed by atoms with E-state index in [9.17, 15) is 0 Å². The van der Waals surface area contributed by atoms with Gasteiger partial charge in [0.05, 0.1) is 22.2 Å². The van der Waals surface area contributed by atoms with Gasteiger partial charge in [-0.3, -0.25) is 0 Å². The fraction of sp³-hybridized carbons (Fsp3) is 0.108. The van der Waals surface area contributed by atoms with Crippen LogP contribution in [0.15, 0.2) is 218 Å². The molecule has 9 aromatic rings. The number of hydrogen-bond acceptors (Lipinski definition) is 1. The Morgan fingerprint density at radius 2 is 0.788 bits per heavy atom. The standard InChI is InChI=1S/C65H45N/c1-63(2)49-26-10-3-19-41(49)46-38-37-40(39-58(46)63)66(59-35-17-33-56-61(59)47-24-8-15-31-54(47)64(56)50-27-11-4-20-42(50)43-21-5-12-28-51(43)64)60-36-18-34-57-62(60)48-25-9-16-32-55(48)65(57)52-29-13-6-22-44(52)45-23-7-14-30-53(45)65/h3-6,8-22,24-39H,7,23H2,1-2H3. The Labute approximate surface area is 386 Å². The maximum Gasteiger partial charge on any atom is 0.0726 e. The zero-order valence-electron chi connectivity index (χ0n) is 37.1. The monoisotopic (exact) mass is 839 g/mol. The molecule has 0 N–H and O–H groups in total. The molecular formula is C65H45N. The van der Waals surface area contributed by atoms with Crippen LogP contribution in [0.4, 0.5) is 17.1 Å². The van der Waals surface area contributed by atoms with Crippen LogP contribution in [-0.4, -0.2) is 0 Å². The molecule has 310 valence electrons. The van der Waals surface area contributed by atoms with Crippen LogP contribution in [0.5, 0.6) is 0 Å². The van der Waals surface area contributed by atoms with Gasteiger partial charge in [0.25, 0.3) is 0 Å². The lowest BCUT2D eigenvalue weighted by Gasteiger charge is -2.34. The number of fused-ring (bicyclic) bond motifs is 22. The van der Waals surface area contributed by atoms with E-state index in [4.69, 9.17) is 0 Å². The van der Waals surface area contributed by atoms with Gasteiger partial charge in [0.1, 0.15) is 0 Å². The topological polar surface area (TPSA) is 3.24 Å². The van der Waals surface area contributed by atoms with Crippen molar-refractivity contribution in [3.63, 3.8) is 0 Å². The van der Waals surface area contributed by atoms with Crippen LogP contribution in [-0.2, 0) is 16.2 Å². The lowest BCUT2D eigenvalue weighted by atomic mass is 9.69. The van der Waals surface area contributed by atoms with Crippen molar-refractivity contribution in [2.45, 2.75) is 42.9 Å². The molecule has 15 rings (SSSR count). The van der Waals surface area contributed by atoms with Crippen molar-refractivity contribution in [1.29, 1.82) is 0 Å². The number of rotatable bonds is 3. The fourth-order valence-corrected chi connectivity index (χ4v) is 14.1. The average molecular weight is 840 g/mol. The Morgan fingerprint density at radius 3 is 1.38 bits per heavy atom. The van der Waals surface area contributed by atoms with Gasteiger partial charge >= 0.3 is 0 Å². The van der Waals surface area contributed by atoms with Crippen molar-refractivity contribution in [2.75, 3.05) is 4.90 Å². The molecule has 9 aromatic carbocycles.